The Hall–Kier alpha value is -2.14. The summed E-state index contributed by atoms with van der Waals surface area (Å²) in [5, 5.41) is 0.900. The number of aromatic nitrogens is 2. The van der Waals surface area contributed by atoms with Gasteiger partial charge in [0, 0.05) is 39.7 Å². The van der Waals surface area contributed by atoms with Crippen molar-refractivity contribution in [2.75, 3.05) is 5.73 Å². The molecular formula is C15H12BrN3O. The first-order chi connectivity index (χ1) is 9.74. The molecule has 0 amide bonds. The van der Waals surface area contributed by atoms with E-state index in [-0.39, 0.29) is 0 Å². The van der Waals surface area contributed by atoms with Gasteiger partial charge in [-0.1, -0.05) is 0 Å². The number of hydrogen-bond donors (Lipinski definition) is 1. The summed E-state index contributed by atoms with van der Waals surface area (Å²) in [6.45, 7) is 0.433. The number of halogens is 1. The summed E-state index contributed by atoms with van der Waals surface area (Å²) in [5.74, 6) is 0.717. The van der Waals surface area contributed by atoms with E-state index >= 15 is 0 Å². The Morgan fingerprint density at radius 2 is 2.10 bits per heavy atom. The van der Waals surface area contributed by atoms with Gasteiger partial charge < -0.3 is 10.5 Å². The number of fused-ring (bicyclic) bond motifs is 1. The summed E-state index contributed by atoms with van der Waals surface area (Å²) in [6.07, 6.45) is 5.25. The van der Waals surface area contributed by atoms with E-state index in [4.69, 9.17) is 10.5 Å². The van der Waals surface area contributed by atoms with Crippen LogP contribution in [0.3, 0.4) is 0 Å². The first-order valence-electron chi connectivity index (χ1n) is 6.09. The Bertz CT molecular complexity index is 761. The van der Waals surface area contributed by atoms with E-state index < -0.39 is 0 Å². The predicted molar refractivity (Wildman–Crippen MR) is 82.4 cm³/mol. The van der Waals surface area contributed by atoms with Crippen molar-refractivity contribution in [2.45, 2.75) is 6.61 Å². The summed E-state index contributed by atoms with van der Waals surface area (Å²) >= 11 is 3.39. The van der Waals surface area contributed by atoms with Crippen LogP contribution in [0.15, 0.2) is 53.4 Å². The van der Waals surface area contributed by atoms with Gasteiger partial charge >= 0.3 is 0 Å². The van der Waals surface area contributed by atoms with Gasteiger partial charge in [0.25, 0.3) is 0 Å². The van der Waals surface area contributed by atoms with Crippen molar-refractivity contribution in [1.82, 2.24) is 9.97 Å². The third-order valence-corrected chi connectivity index (χ3v) is 3.36. The van der Waals surface area contributed by atoms with Crippen LogP contribution in [0.1, 0.15) is 5.56 Å². The van der Waals surface area contributed by atoms with Crippen molar-refractivity contribution in [2.24, 2.45) is 0 Å². The zero-order valence-electron chi connectivity index (χ0n) is 10.6. The van der Waals surface area contributed by atoms with Gasteiger partial charge in [0.1, 0.15) is 17.9 Å². The molecule has 0 aliphatic rings. The SMILES string of the molecule is Nc1ccc(OCc2cncc(Br)c2)c2ncccc12. The quantitative estimate of drug-likeness (QED) is 0.746. The first-order valence-corrected chi connectivity index (χ1v) is 6.89. The van der Waals surface area contributed by atoms with Crippen molar-refractivity contribution in [3.05, 3.63) is 59.0 Å². The highest BCUT2D eigenvalue weighted by Crippen LogP contribution is 2.28. The van der Waals surface area contributed by atoms with Crippen LogP contribution >= 0.6 is 15.9 Å². The van der Waals surface area contributed by atoms with Gasteiger partial charge in [-0.3, -0.25) is 9.97 Å². The molecule has 4 nitrogen and oxygen atoms in total. The van der Waals surface area contributed by atoms with Gasteiger partial charge in [-0.05, 0) is 46.3 Å². The second kappa shape index (κ2) is 5.46. The number of pyridine rings is 2. The molecule has 0 spiro atoms. The number of nitrogens with zero attached hydrogens (tertiary/aromatic N) is 2. The lowest BCUT2D eigenvalue weighted by Gasteiger charge is -2.10. The third kappa shape index (κ3) is 2.58. The zero-order chi connectivity index (χ0) is 13.9. The number of benzene rings is 1. The lowest BCUT2D eigenvalue weighted by atomic mass is 10.1. The van der Waals surface area contributed by atoms with Crippen molar-refractivity contribution in [3.63, 3.8) is 0 Å². The van der Waals surface area contributed by atoms with Crippen LogP contribution in [0.25, 0.3) is 10.9 Å². The molecule has 3 aromatic rings. The maximum atomic E-state index is 5.94. The summed E-state index contributed by atoms with van der Waals surface area (Å²) in [6, 6.07) is 9.44. The molecule has 2 aromatic heterocycles. The maximum absolute atomic E-state index is 5.94. The highest BCUT2D eigenvalue weighted by Gasteiger charge is 2.06. The minimum atomic E-state index is 0.433. The lowest BCUT2D eigenvalue weighted by molar-refractivity contribution is 0.309. The third-order valence-electron chi connectivity index (χ3n) is 2.92. The molecule has 0 atom stereocenters. The van der Waals surface area contributed by atoms with Crippen LogP contribution in [-0.2, 0) is 6.61 Å². The number of hydrogen-bond acceptors (Lipinski definition) is 4. The van der Waals surface area contributed by atoms with E-state index in [2.05, 4.69) is 25.9 Å². The average Bonchev–Trinajstić information content (AvgIpc) is 2.47. The summed E-state index contributed by atoms with van der Waals surface area (Å²) < 4.78 is 6.77. The number of anilines is 1. The average molecular weight is 330 g/mol. The second-order valence-corrected chi connectivity index (χ2v) is 5.27. The molecule has 0 saturated carbocycles. The van der Waals surface area contributed by atoms with Gasteiger partial charge in [0.05, 0.1) is 0 Å². The molecule has 5 heteroatoms. The molecule has 1 aromatic carbocycles. The molecule has 0 aliphatic carbocycles. The minimum absolute atomic E-state index is 0.433. The molecule has 20 heavy (non-hydrogen) atoms. The van der Waals surface area contributed by atoms with Gasteiger partial charge in [-0.2, -0.15) is 0 Å². The minimum Gasteiger partial charge on any atom is -0.487 e. The molecular weight excluding hydrogens is 318 g/mol. The van der Waals surface area contributed by atoms with Gasteiger partial charge in [0.2, 0.25) is 0 Å². The molecule has 0 aliphatic heterocycles. The van der Waals surface area contributed by atoms with Crippen LogP contribution in [0.5, 0.6) is 5.75 Å². The Labute approximate surface area is 124 Å². The summed E-state index contributed by atoms with van der Waals surface area (Å²) in [7, 11) is 0. The van der Waals surface area contributed by atoms with E-state index in [9.17, 15) is 0 Å². The zero-order valence-corrected chi connectivity index (χ0v) is 12.2. The Morgan fingerprint density at radius 1 is 1.20 bits per heavy atom. The van der Waals surface area contributed by atoms with Crippen LogP contribution in [0.4, 0.5) is 5.69 Å². The number of ether oxygens (including phenoxy) is 1. The normalized spacial score (nSPS) is 10.7. The van der Waals surface area contributed by atoms with Crippen molar-refractivity contribution in [1.29, 1.82) is 0 Å². The number of nitrogen functional groups attached to an aromatic ring is 1. The van der Waals surface area contributed by atoms with E-state index in [1.807, 2.05) is 30.3 Å². The maximum Gasteiger partial charge on any atom is 0.146 e. The molecule has 0 radical (unpaired) electrons. The molecule has 2 N–H and O–H groups in total. The monoisotopic (exact) mass is 329 g/mol. The van der Waals surface area contributed by atoms with E-state index in [0.717, 1.165) is 26.7 Å². The smallest absolute Gasteiger partial charge is 0.146 e. The van der Waals surface area contributed by atoms with Crippen molar-refractivity contribution < 1.29 is 4.74 Å². The Balaban J connectivity index is 1.90. The van der Waals surface area contributed by atoms with Gasteiger partial charge in [0.15, 0.2) is 0 Å². The predicted octanol–water partition coefficient (Wildman–Crippen LogP) is 3.55. The van der Waals surface area contributed by atoms with Crippen LogP contribution < -0.4 is 10.5 Å². The molecule has 0 unspecified atom stereocenters. The van der Waals surface area contributed by atoms with E-state index in [1.54, 1.807) is 18.6 Å². The molecule has 2 heterocycles. The largest absolute Gasteiger partial charge is 0.487 e. The van der Waals surface area contributed by atoms with Crippen LogP contribution in [0.2, 0.25) is 0 Å². The molecule has 0 bridgehead atoms. The standard InChI is InChI=1S/C15H12BrN3O/c16-11-6-10(7-18-8-11)9-20-14-4-3-13(17)12-2-1-5-19-15(12)14/h1-8H,9,17H2. The topological polar surface area (TPSA) is 61.0 Å². The highest BCUT2D eigenvalue weighted by molar-refractivity contribution is 9.10. The van der Waals surface area contributed by atoms with Crippen molar-refractivity contribution >= 4 is 32.5 Å². The second-order valence-electron chi connectivity index (χ2n) is 4.35. The first kappa shape index (κ1) is 12.9. The van der Waals surface area contributed by atoms with E-state index in [0.29, 0.717) is 12.3 Å². The number of rotatable bonds is 3. The molecule has 0 saturated heterocycles. The lowest BCUT2D eigenvalue weighted by Crippen LogP contribution is -1.98. The highest BCUT2D eigenvalue weighted by atomic mass is 79.9. The van der Waals surface area contributed by atoms with Gasteiger partial charge in [-0.15, -0.1) is 0 Å². The Morgan fingerprint density at radius 3 is 2.95 bits per heavy atom. The van der Waals surface area contributed by atoms with E-state index in [1.165, 1.54) is 0 Å². The fourth-order valence-electron chi connectivity index (χ4n) is 1.98. The van der Waals surface area contributed by atoms with Crippen molar-refractivity contribution in [3.8, 4) is 5.75 Å². The molecule has 100 valence electrons. The molecule has 0 fully saturated rings. The Kier molecular flexibility index (Phi) is 3.52. The van der Waals surface area contributed by atoms with Gasteiger partial charge in [-0.25, -0.2) is 0 Å². The number of nitrogens with two attached hydrogens (primary N) is 1. The fraction of sp³-hybridized carbons (Fsp3) is 0.0667. The summed E-state index contributed by atoms with van der Waals surface area (Å²) in [5.41, 5.74) is 8.40. The molecule has 3 rings (SSSR count). The van der Waals surface area contributed by atoms with Crippen LogP contribution in [0, 0.1) is 0 Å². The summed E-state index contributed by atoms with van der Waals surface area (Å²) in [4.78, 5) is 8.45. The van der Waals surface area contributed by atoms with Crippen LogP contribution in [-0.4, -0.2) is 9.97 Å². The fourth-order valence-corrected chi connectivity index (χ4v) is 2.39.